The summed E-state index contributed by atoms with van der Waals surface area (Å²) in [6.07, 6.45) is 7.73. The molecule has 7 rings (SSSR count). The number of likely N-dealkylation sites (tertiary alicyclic amines) is 1. The van der Waals surface area contributed by atoms with Crippen molar-refractivity contribution < 1.29 is 29.0 Å². The first-order valence-electron chi connectivity index (χ1n) is 14.1. The van der Waals surface area contributed by atoms with E-state index in [1.165, 1.54) is 18.5 Å². The molecule has 4 aromatic rings. The molecule has 0 radical (unpaired) electrons. The molecule has 3 aromatic heterocycles. The van der Waals surface area contributed by atoms with Crippen LogP contribution in [0.3, 0.4) is 0 Å². The quantitative estimate of drug-likeness (QED) is 0.300. The molecule has 0 N–H and O–H groups in total. The van der Waals surface area contributed by atoms with E-state index in [9.17, 15) is 19.5 Å². The number of ether oxygens (including phenoxy) is 2. The zero-order valence-electron chi connectivity index (χ0n) is 23.0. The van der Waals surface area contributed by atoms with Crippen molar-refractivity contribution in [2.45, 2.75) is 43.6 Å². The van der Waals surface area contributed by atoms with Gasteiger partial charge in [-0.25, -0.2) is 4.98 Å². The zero-order valence-corrected chi connectivity index (χ0v) is 23.8. The number of carbonyl (C=O) groups excluding carboxylic acids is 3. The maximum absolute atomic E-state index is 13.7. The standard InChI is InChI=1S/C32H27ClN4O6/c33-17-42-27-13-24(36-29-22(27)5-8-35-28(29)18-1-2-18)30(39)37-9-6-32(7-10-37)14-25(38)23-12-19(3-4-26(23)43-32)20-11-21(31(40)41)16-34-15-20/h3-5,8,11-13,15-16,18H,1-2,6-7,9-10,14,17H2,(H,40,41)/p-1. The number of hydrogen-bond donors (Lipinski definition) is 0. The number of rotatable bonds is 6. The van der Waals surface area contributed by atoms with Crippen molar-refractivity contribution in [3.63, 3.8) is 0 Å². The third-order valence-corrected chi connectivity index (χ3v) is 8.58. The van der Waals surface area contributed by atoms with Gasteiger partial charge >= 0.3 is 0 Å². The molecule has 43 heavy (non-hydrogen) atoms. The average molecular weight is 598 g/mol. The van der Waals surface area contributed by atoms with Crippen LogP contribution in [0.4, 0.5) is 0 Å². The molecule has 0 unspecified atom stereocenters. The van der Waals surface area contributed by atoms with E-state index in [0.717, 1.165) is 23.9 Å². The van der Waals surface area contributed by atoms with Gasteiger partial charge in [-0.05, 0) is 42.7 Å². The fourth-order valence-corrected chi connectivity index (χ4v) is 6.14. The Morgan fingerprint density at radius 1 is 1.09 bits per heavy atom. The van der Waals surface area contributed by atoms with Gasteiger partial charge in [0, 0.05) is 73.0 Å². The van der Waals surface area contributed by atoms with Crippen molar-refractivity contribution in [1.29, 1.82) is 0 Å². The number of alkyl halides is 1. The highest BCUT2D eigenvalue weighted by atomic mass is 35.5. The number of ketones is 1. The molecule has 11 heteroatoms. The summed E-state index contributed by atoms with van der Waals surface area (Å²) in [6.45, 7) is 0.796. The van der Waals surface area contributed by atoms with Crippen LogP contribution in [-0.4, -0.2) is 62.3 Å². The number of piperidine rings is 1. The third kappa shape index (κ3) is 5.05. The zero-order chi connectivity index (χ0) is 29.7. The van der Waals surface area contributed by atoms with E-state index in [1.807, 2.05) is 6.07 Å². The second-order valence-electron chi connectivity index (χ2n) is 11.3. The molecular weight excluding hydrogens is 572 g/mol. The SMILES string of the molecule is O=C([O-])c1cncc(-c2ccc3c(c2)C(=O)CC2(CCN(C(=O)c4cc(OCCl)c5ccnc(C6CC6)c5n4)CC2)O3)c1. The fraction of sp³-hybridized carbons (Fsp3) is 0.312. The van der Waals surface area contributed by atoms with Gasteiger partial charge in [0.05, 0.1) is 29.2 Å². The molecule has 1 aromatic carbocycles. The molecule has 2 aliphatic heterocycles. The van der Waals surface area contributed by atoms with Crippen molar-refractivity contribution in [1.82, 2.24) is 19.9 Å². The van der Waals surface area contributed by atoms with Crippen LogP contribution in [0.15, 0.2) is 55.0 Å². The molecular formula is C32H26ClN4O6-. The van der Waals surface area contributed by atoms with Gasteiger partial charge < -0.3 is 24.3 Å². The highest BCUT2D eigenvalue weighted by Crippen LogP contribution is 2.43. The lowest BCUT2D eigenvalue weighted by Gasteiger charge is -2.44. The Morgan fingerprint density at radius 2 is 1.91 bits per heavy atom. The van der Waals surface area contributed by atoms with Gasteiger partial charge in [-0.15, -0.1) is 0 Å². The Morgan fingerprint density at radius 3 is 2.65 bits per heavy atom. The van der Waals surface area contributed by atoms with Crippen molar-refractivity contribution in [3.8, 4) is 22.6 Å². The lowest BCUT2D eigenvalue weighted by atomic mass is 9.82. The summed E-state index contributed by atoms with van der Waals surface area (Å²) >= 11 is 5.90. The van der Waals surface area contributed by atoms with Crippen molar-refractivity contribution in [2.75, 3.05) is 19.2 Å². The molecule has 0 bridgehead atoms. The number of nitrogens with zero attached hydrogens (tertiary/aromatic N) is 4. The highest BCUT2D eigenvalue weighted by Gasteiger charge is 2.44. The lowest BCUT2D eigenvalue weighted by molar-refractivity contribution is -0.255. The van der Waals surface area contributed by atoms with E-state index in [-0.39, 0.29) is 35.4 Å². The first kappa shape index (κ1) is 27.3. The lowest BCUT2D eigenvalue weighted by Crippen LogP contribution is -2.52. The number of pyridine rings is 3. The van der Waals surface area contributed by atoms with Gasteiger partial charge in [0.15, 0.2) is 11.8 Å². The van der Waals surface area contributed by atoms with Crippen LogP contribution in [0, 0.1) is 0 Å². The molecule has 1 aliphatic carbocycles. The molecule has 5 heterocycles. The highest BCUT2D eigenvalue weighted by molar-refractivity contribution is 6.17. The predicted octanol–water partition coefficient (Wildman–Crippen LogP) is 4.15. The number of carboxylic acid groups (broad SMARTS) is 1. The van der Waals surface area contributed by atoms with Crippen LogP contribution >= 0.6 is 11.6 Å². The molecule has 1 amide bonds. The van der Waals surface area contributed by atoms with Crippen LogP contribution in [0.2, 0.25) is 0 Å². The van der Waals surface area contributed by atoms with Gasteiger partial charge in [-0.2, -0.15) is 0 Å². The molecule has 0 atom stereocenters. The van der Waals surface area contributed by atoms with Gasteiger partial charge in [0.25, 0.3) is 5.91 Å². The van der Waals surface area contributed by atoms with E-state index in [4.69, 9.17) is 26.1 Å². The minimum Gasteiger partial charge on any atom is -0.545 e. The van der Waals surface area contributed by atoms with Crippen LogP contribution in [-0.2, 0) is 0 Å². The number of aromatic nitrogens is 3. The van der Waals surface area contributed by atoms with Crippen molar-refractivity contribution in [2.24, 2.45) is 0 Å². The van der Waals surface area contributed by atoms with Crippen molar-refractivity contribution in [3.05, 3.63) is 77.5 Å². The van der Waals surface area contributed by atoms with Gasteiger partial charge in [-0.3, -0.25) is 19.6 Å². The van der Waals surface area contributed by atoms with E-state index in [0.29, 0.717) is 65.6 Å². The molecule has 1 saturated carbocycles. The number of amides is 1. The van der Waals surface area contributed by atoms with Gasteiger partial charge in [-0.1, -0.05) is 17.7 Å². The normalized spacial score (nSPS) is 17.4. The Kier molecular flexibility index (Phi) is 6.73. The summed E-state index contributed by atoms with van der Waals surface area (Å²) in [7, 11) is 0. The van der Waals surface area contributed by atoms with E-state index < -0.39 is 11.6 Å². The first-order valence-corrected chi connectivity index (χ1v) is 14.7. The molecule has 2 fully saturated rings. The average Bonchev–Trinajstić information content (AvgIpc) is 3.86. The number of aromatic carboxylic acids is 1. The molecule has 1 spiro atoms. The maximum atomic E-state index is 13.7. The van der Waals surface area contributed by atoms with E-state index >= 15 is 0 Å². The largest absolute Gasteiger partial charge is 0.545 e. The van der Waals surface area contributed by atoms with Crippen molar-refractivity contribution >= 4 is 40.2 Å². The summed E-state index contributed by atoms with van der Waals surface area (Å²) in [6, 6.07) is 10.1. The second-order valence-corrected chi connectivity index (χ2v) is 11.5. The minimum absolute atomic E-state index is 0.0419. The number of Topliss-reactive ketones (excluding diaryl/α,β-unsaturated/α-hetero) is 1. The Bertz CT molecular complexity index is 1800. The molecule has 10 nitrogen and oxygen atoms in total. The summed E-state index contributed by atoms with van der Waals surface area (Å²) in [4.78, 5) is 53.3. The van der Waals surface area contributed by atoms with Gasteiger partial charge in [0.1, 0.15) is 22.8 Å². The number of benzene rings is 1. The minimum atomic E-state index is -1.32. The van der Waals surface area contributed by atoms with Crippen LogP contribution in [0.1, 0.15) is 74.9 Å². The summed E-state index contributed by atoms with van der Waals surface area (Å²) < 4.78 is 12.1. The van der Waals surface area contributed by atoms with Crippen LogP contribution < -0.4 is 14.6 Å². The number of hydrogen-bond acceptors (Lipinski definition) is 9. The second kappa shape index (κ2) is 10.6. The number of fused-ring (bicyclic) bond motifs is 2. The number of carboxylic acids is 1. The van der Waals surface area contributed by atoms with Crippen LogP contribution in [0.5, 0.6) is 11.5 Å². The summed E-state index contributed by atoms with van der Waals surface area (Å²) in [5.74, 6) is -0.293. The maximum Gasteiger partial charge on any atom is 0.272 e. The number of carbonyl (C=O) groups is 3. The first-order chi connectivity index (χ1) is 20.8. The van der Waals surface area contributed by atoms with Crippen LogP contribution in [0.25, 0.3) is 22.0 Å². The molecule has 1 saturated heterocycles. The molecule has 218 valence electrons. The monoisotopic (exact) mass is 597 g/mol. The smallest absolute Gasteiger partial charge is 0.272 e. The summed E-state index contributed by atoms with van der Waals surface area (Å²) in [5.41, 5.74) is 2.72. The van der Waals surface area contributed by atoms with Gasteiger partial charge in [0.2, 0.25) is 0 Å². The summed E-state index contributed by atoms with van der Waals surface area (Å²) in [5, 5.41) is 12.0. The fourth-order valence-electron chi connectivity index (χ4n) is 6.03. The Balaban J connectivity index is 1.10. The van der Waals surface area contributed by atoms with E-state index in [1.54, 1.807) is 35.4 Å². The third-order valence-electron chi connectivity index (χ3n) is 8.47. The topological polar surface area (TPSA) is 135 Å². The molecule has 3 aliphatic rings. The number of halogens is 1. The predicted molar refractivity (Wildman–Crippen MR) is 154 cm³/mol. The Hall–Kier alpha value is -4.57. The Labute approximate surface area is 251 Å². The van der Waals surface area contributed by atoms with E-state index in [2.05, 4.69) is 9.97 Å².